The van der Waals surface area contributed by atoms with Gasteiger partial charge in [0.05, 0.1) is 5.69 Å². The van der Waals surface area contributed by atoms with Gasteiger partial charge in [-0.2, -0.15) is 5.10 Å². The van der Waals surface area contributed by atoms with Gasteiger partial charge in [0.2, 0.25) is 0 Å². The summed E-state index contributed by atoms with van der Waals surface area (Å²) in [6, 6.07) is 9.14. The number of aryl methyl sites for hydroxylation is 2. The molecule has 3 rings (SSSR count). The van der Waals surface area contributed by atoms with Crippen LogP contribution >= 0.6 is 0 Å². The number of hydrogen-bond donors (Lipinski definition) is 3. The number of nitrogens with one attached hydrogen (secondary N) is 3. The summed E-state index contributed by atoms with van der Waals surface area (Å²) in [5.41, 5.74) is 4.90. The molecule has 1 aliphatic rings. The standard InChI is InChI=1S/C16H22N4/c1-11-3-4-13(9-12(11)2)15-10-16(20-19-15)18-14-5-7-17-8-6-14/h3-4,9-10,14,17H,5-8H2,1-2H3,(H2,18,19,20). The summed E-state index contributed by atoms with van der Waals surface area (Å²) in [6.07, 6.45) is 2.32. The summed E-state index contributed by atoms with van der Waals surface area (Å²) in [5, 5.41) is 14.4. The Morgan fingerprint density at radius 3 is 2.65 bits per heavy atom. The summed E-state index contributed by atoms with van der Waals surface area (Å²) < 4.78 is 0. The average Bonchev–Trinajstić information content (AvgIpc) is 2.91. The van der Waals surface area contributed by atoms with E-state index in [9.17, 15) is 0 Å². The zero-order valence-corrected chi connectivity index (χ0v) is 12.2. The molecule has 4 heteroatoms. The highest BCUT2D eigenvalue weighted by atomic mass is 15.2. The van der Waals surface area contributed by atoms with Crippen molar-refractivity contribution < 1.29 is 0 Å². The van der Waals surface area contributed by atoms with Gasteiger partial charge in [0, 0.05) is 12.1 Å². The van der Waals surface area contributed by atoms with Crippen LogP contribution < -0.4 is 10.6 Å². The molecule has 1 aromatic carbocycles. The number of nitrogens with zero attached hydrogens (tertiary/aromatic N) is 1. The largest absolute Gasteiger partial charge is 0.366 e. The Morgan fingerprint density at radius 2 is 1.90 bits per heavy atom. The Morgan fingerprint density at radius 1 is 1.10 bits per heavy atom. The molecule has 2 aromatic rings. The van der Waals surface area contributed by atoms with Crippen molar-refractivity contribution in [2.45, 2.75) is 32.7 Å². The zero-order chi connectivity index (χ0) is 13.9. The lowest BCUT2D eigenvalue weighted by Gasteiger charge is -2.23. The van der Waals surface area contributed by atoms with E-state index >= 15 is 0 Å². The van der Waals surface area contributed by atoms with Crippen LogP contribution in [0.25, 0.3) is 11.3 Å². The summed E-state index contributed by atoms with van der Waals surface area (Å²) >= 11 is 0. The highest BCUT2D eigenvalue weighted by Crippen LogP contribution is 2.23. The molecular formula is C16H22N4. The number of benzene rings is 1. The lowest BCUT2D eigenvalue weighted by Crippen LogP contribution is -2.35. The third kappa shape index (κ3) is 2.85. The van der Waals surface area contributed by atoms with Crippen LogP contribution in [0, 0.1) is 13.8 Å². The van der Waals surface area contributed by atoms with Crippen LogP contribution in [0.4, 0.5) is 5.82 Å². The number of aromatic amines is 1. The molecule has 0 radical (unpaired) electrons. The van der Waals surface area contributed by atoms with Crippen molar-refractivity contribution in [2.24, 2.45) is 0 Å². The highest BCUT2D eigenvalue weighted by Gasteiger charge is 2.14. The third-order valence-electron chi connectivity index (χ3n) is 4.09. The SMILES string of the molecule is Cc1ccc(-c2cc(NC3CCNCC3)n[nH]2)cc1C. The number of rotatable bonds is 3. The third-order valence-corrected chi connectivity index (χ3v) is 4.09. The molecule has 0 amide bonds. The van der Waals surface area contributed by atoms with Gasteiger partial charge in [0.25, 0.3) is 0 Å². The predicted molar refractivity (Wildman–Crippen MR) is 83.0 cm³/mol. The first-order valence-corrected chi connectivity index (χ1v) is 7.32. The maximum Gasteiger partial charge on any atom is 0.148 e. The van der Waals surface area contributed by atoms with E-state index in [2.05, 4.69) is 58.9 Å². The van der Waals surface area contributed by atoms with E-state index in [0.717, 1.165) is 37.4 Å². The fourth-order valence-electron chi connectivity index (χ4n) is 2.63. The van der Waals surface area contributed by atoms with E-state index in [1.807, 2.05) is 0 Å². The van der Waals surface area contributed by atoms with Crippen molar-refractivity contribution >= 4 is 5.82 Å². The molecule has 3 N–H and O–H groups in total. The number of piperidine rings is 1. The molecule has 1 saturated heterocycles. The number of anilines is 1. The molecule has 106 valence electrons. The lowest BCUT2D eigenvalue weighted by atomic mass is 10.0. The Kier molecular flexibility index (Phi) is 3.74. The number of H-pyrrole nitrogens is 1. The molecule has 4 nitrogen and oxygen atoms in total. The van der Waals surface area contributed by atoms with Gasteiger partial charge in [-0.05, 0) is 62.5 Å². The summed E-state index contributed by atoms with van der Waals surface area (Å²) in [5.74, 6) is 0.949. The van der Waals surface area contributed by atoms with Crippen LogP contribution in [0.3, 0.4) is 0 Å². The first-order chi connectivity index (χ1) is 9.72. The number of aromatic nitrogens is 2. The quantitative estimate of drug-likeness (QED) is 0.804. The van der Waals surface area contributed by atoms with Crippen LogP contribution in [-0.2, 0) is 0 Å². The Bertz CT molecular complexity index is 582. The topological polar surface area (TPSA) is 52.7 Å². The molecule has 1 fully saturated rings. The van der Waals surface area contributed by atoms with E-state index in [4.69, 9.17) is 0 Å². The van der Waals surface area contributed by atoms with Crippen molar-refractivity contribution in [1.29, 1.82) is 0 Å². The second kappa shape index (κ2) is 5.67. The molecule has 2 heterocycles. The average molecular weight is 270 g/mol. The second-order valence-corrected chi connectivity index (χ2v) is 5.63. The molecule has 0 aliphatic carbocycles. The fourth-order valence-corrected chi connectivity index (χ4v) is 2.63. The molecular weight excluding hydrogens is 248 g/mol. The Hall–Kier alpha value is -1.81. The first kappa shape index (κ1) is 13.2. The maximum absolute atomic E-state index is 4.38. The minimum atomic E-state index is 0.534. The number of hydrogen-bond acceptors (Lipinski definition) is 3. The van der Waals surface area contributed by atoms with E-state index in [1.165, 1.54) is 16.7 Å². The van der Waals surface area contributed by atoms with Crippen LogP contribution in [0.5, 0.6) is 0 Å². The van der Waals surface area contributed by atoms with Gasteiger partial charge in [-0.1, -0.05) is 12.1 Å². The molecule has 0 spiro atoms. The Labute approximate surface area is 120 Å². The van der Waals surface area contributed by atoms with Crippen molar-refractivity contribution in [3.63, 3.8) is 0 Å². The van der Waals surface area contributed by atoms with E-state index < -0.39 is 0 Å². The maximum atomic E-state index is 4.38. The van der Waals surface area contributed by atoms with Crippen LogP contribution in [0.15, 0.2) is 24.3 Å². The van der Waals surface area contributed by atoms with Gasteiger partial charge in [0.1, 0.15) is 5.82 Å². The van der Waals surface area contributed by atoms with E-state index in [-0.39, 0.29) is 0 Å². The summed E-state index contributed by atoms with van der Waals surface area (Å²) in [4.78, 5) is 0. The molecule has 0 bridgehead atoms. The van der Waals surface area contributed by atoms with E-state index in [0.29, 0.717) is 6.04 Å². The predicted octanol–water partition coefficient (Wildman–Crippen LogP) is 2.86. The highest BCUT2D eigenvalue weighted by molar-refractivity contribution is 5.64. The minimum absolute atomic E-state index is 0.534. The van der Waals surface area contributed by atoms with Gasteiger partial charge < -0.3 is 10.6 Å². The molecule has 0 atom stereocenters. The van der Waals surface area contributed by atoms with Crippen molar-refractivity contribution in [2.75, 3.05) is 18.4 Å². The van der Waals surface area contributed by atoms with Crippen LogP contribution in [0.1, 0.15) is 24.0 Å². The minimum Gasteiger partial charge on any atom is -0.366 e. The first-order valence-electron chi connectivity index (χ1n) is 7.32. The van der Waals surface area contributed by atoms with Gasteiger partial charge >= 0.3 is 0 Å². The van der Waals surface area contributed by atoms with E-state index in [1.54, 1.807) is 0 Å². The second-order valence-electron chi connectivity index (χ2n) is 5.63. The van der Waals surface area contributed by atoms with Gasteiger partial charge in [-0.3, -0.25) is 5.10 Å². The lowest BCUT2D eigenvalue weighted by molar-refractivity contribution is 0.478. The smallest absolute Gasteiger partial charge is 0.148 e. The summed E-state index contributed by atoms with van der Waals surface area (Å²) in [6.45, 7) is 6.46. The molecule has 0 unspecified atom stereocenters. The van der Waals surface area contributed by atoms with Crippen molar-refractivity contribution in [1.82, 2.24) is 15.5 Å². The fraction of sp³-hybridized carbons (Fsp3) is 0.438. The van der Waals surface area contributed by atoms with Gasteiger partial charge in [-0.25, -0.2) is 0 Å². The zero-order valence-electron chi connectivity index (χ0n) is 12.2. The summed E-state index contributed by atoms with van der Waals surface area (Å²) in [7, 11) is 0. The van der Waals surface area contributed by atoms with Gasteiger partial charge in [-0.15, -0.1) is 0 Å². The van der Waals surface area contributed by atoms with Crippen molar-refractivity contribution in [3.05, 3.63) is 35.4 Å². The molecule has 1 aliphatic heterocycles. The molecule has 1 aromatic heterocycles. The Balaban J connectivity index is 1.73. The molecule has 0 saturated carbocycles. The normalized spacial score (nSPS) is 16.3. The van der Waals surface area contributed by atoms with Crippen LogP contribution in [0.2, 0.25) is 0 Å². The van der Waals surface area contributed by atoms with Crippen LogP contribution in [-0.4, -0.2) is 29.3 Å². The van der Waals surface area contributed by atoms with Gasteiger partial charge in [0.15, 0.2) is 0 Å². The van der Waals surface area contributed by atoms with Crippen molar-refractivity contribution in [3.8, 4) is 11.3 Å². The molecule has 20 heavy (non-hydrogen) atoms. The monoisotopic (exact) mass is 270 g/mol.